The molecule has 0 radical (unpaired) electrons. The summed E-state index contributed by atoms with van der Waals surface area (Å²) in [6.45, 7) is 1.98. The molecule has 0 bridgehead atoms. The maximum Gasteiger partial charge on any atom is 0.187 e. The van der Waals surface area contributed by atoms with E-state index < -0.39 is 0 Å². The molecule has 88 valence electrons. The van der Waals surface area contributed by atoms with Crippen molar-refractivity contribution in [2.75, 3.05) is 12.4 Å². The highest BCUT2D eigenvalue weighted by atomic mass is 32.2. The van der Waals surface area contributed by atoms with Crippen molar-refractivity contribution in [2.24, 2.45) is 0 Å². The van der Waals surface area contributed by atoms with E-state index in [-0.39, 0.29) is 0 Å². The lowest BCUT2D eigenvalue weighted by Gasteiger charge is -2.02. The fourth-order valence-electron chi connectivity index (χ4n) is 1.26. The van der Waals surface area contributed by atoms with Crippen LogP contribution in [0.4, 0.5) is 5.82 Å². The zero-order chi connectivity index (χ0) is 12.1. The number of pyridine rings is 1. The normalized spacial score (nSPS) is 10.2. The van der Waals surface area contributed by atoms with Crippen LogP contribution in [0.1, 0.15) is 11.1 Å². The van der Waals surface area contributed by atoms with Crippen LogP contribution in [0, 0.1) is 6.92 Å². The van der Waals surface area contributed by atoms with Gasteiger partial charge in [0.2, 0.25) is 0 Å². The maximum absolute atomic E-state index is 4.26. The molecule has 1 N–H and O–H groups in total. The third kappa shape index (κ3) is 3.42. The van der Waals surface area contributed by atoms with Crippen LogP contribution in [-0.2, 0) is 5.75 Å². The summed E-state index contributed by atoms with van der Waals surface area (Å²) in [6, 6.07) is 4.02. The van der Waals surface area contributed by atoms with Gasteiger partial charge in [0.15, 0.2) is 5.16 Å². The van der Waals surface area contributed by atoms with Crippen LogP contribution in [0.25, 0.3) is 0 Å². The Morgan fingerprint density at radius 3 is 2.47 bits per heavy atom. The Balaban J connectivity index is 1.95. The molecule has 0 saturated carbocycles. The second kappa shape index (κ2) is 5.63. The summed E-state index contributed by atoms with van der Waals surface area (Å²) in [5, 5.41) is 3.79. The monoisotopic (exact) mass is 246 g/mol. The number of hydrogen-bond donors (Lipinski definition) is 1. The van der Waals surface area contributed by atoms with Gasteiger partial charge < -0.3 is 5.32 Å². The summed E-state index contributed by atoms with van der Waals surface area (Å²) < 4.78 is 0. The van der Waals surface area contributed by atoms with E-state index in [9.17, 15) is 0 Å². The Labute approximate surface area is 105 Å². The lowest BCUT2D eigenvalue weighted by molar-refractivity contribution is 0.949. The molecular weight excluding hydrogens is 232 g/mol. The SMILES string of the molecule is CNc1ccc(CSc2ncc(C)cn2)cn1. The van der Waals surface area contributed by atoms with E-state index in [0.29, 0.717) is 0 Å². The molecule has 0 fully saturated rings. The summed E-state index contributed by atoms with van der Waals surface area (Å²) in [6.07, 6.45) is 5.53. The third-order valence-electron chi connectivity index (χ3n) is 2.21. The van der Waals surface area contributed by atoms with Crippen molar-refractivity contribution < 1.29 is 0 Å². The highest BCUT2D eigenvalue weighted by Crippen LogP contribution is 2.18. The predicted octanol–water partition coefficient (Wildman–Crippen LogP) is 2.51. The fourth-order valence-corrected chi connectivity index (χ4v) is 1.98. The molecule has 5 heteroatoms. The molecule has 0 aliphatic carbocycles. The standard InChI is InChI=1S/C12H14N4S/c1-9-5-15-12(16-6-9)17-8-10-3-4-11(13-2)14-7-10/h3-7H,8H2,1-2H3,(H,13,14). The third-order valence-corrected chi connectivity index (χ3v) is 3.15. The zero-order valence-corrected chi connectivity index (χ0v) is 10.7. The number of rotatable bonds is 4. The van der Waals surface area contributed by atoms with Crippen LogP contribution < -0.4 is 5.32 Å². The van der Waals surface area contributed by atoms with E-state index in [1.807, 2.05) is 38.6 Å². The molecular formula is C12H14N4S. The molecule has 0 atom stereocenters. The molecule has 17 heavy (non-hydrogen) atoms. The molecule has 2 aromatic rings. The van der Waals surface area contributed by atoms with E-state index in [2.05, 4.69) is 26.3 Å². The Kier molecular flexibility index (Phi) is 3.93. The largest absolute Gasteiger partial charge is 0.373 e. The van der Waals surface area contributed by atoms with Crippen molar-refractivity contribution in [2.45, 2.75) is 17.8 Å². The van der Waals surface area contributed by atoms with Crippen molar-refractivity contribution in [3.05, 3.63) is 41.9 Å². The second-order valence-corrected chi connectivity index (χ2v) is 4.58. The zero-order valence-electron chi connectivity index (χ0n) is 9.84. The summed E-state index contributed by atoms with van der Waals surface area (Å²) in [5.74, 6) is 1.71. The van der Waals surface area contributed by atoms with Gasteiger partial charge in [0.1, 0.15) is 5.82 Å². The summed E-state index contributed by atoms with van der Waals surface area (Å²) in [5.41, 5.74) is 2.24. The first-order chi connectivity index (χ1) is 8.28. The number of aromatic nitrogens is 3. The van der Waals surface area contributed by atoms with E-state index >= 15 is 0 Å². The van der Waals surface area contributed by atoms with Crippen LogP contribution >= 0.6 is 11.8 Å². The maximum atomic E-state index is 4.26. The lowest BCUT2D eigenvalue weighted by atomic mass is 10.3. The van der Waals surface area contributed by atoms with Gasteiger partial charge in [0.05, 0.1) is 0 Å². The van der Waals surface area contributed by atoms with Crippen LogP contribution in [0.5, 0.6) is 0 Å². The molecule has 0 saturated heterocycles. The van der Waals surface area contributed by atoms with Crippen LogP contribution in [0.2, 0.25) is 0 Å². The van der Waals surface area contributed by atoms with Crippen molar-refractivity contribution in [3.8, 4) is 0 Å². The van der Waals surface area contributed by atoms with Gasteiger partial charge in [0, 0.05) is 31.4 Å². The minimum absolute atomic E-state index is 0.799. The molecule has 2 heterocycles. The van der Waals surface area contributed by atoms with E-state index in [4.69, 9.17) is 0 Å². The number of aryl methyl sites for hydroxylation is 1. The molecule has 0 aliphatic heterocycles. The second-order valence-electron chi connectivity index (χ2n) is 3.63. The van der Waals surface area contributed by atoms with Crippen molar-refractivity contribution in [3.63, 3.8) is 0 Å². The highest BCUT2D eigenvalue weighted by molar-refractivity contribution is 7.98. The van der Waals surface area contributed by atoms with Gasteiger partial charge in [-0.05, 0) is 24.1 Å². The summed E-state index contributed by atoms with van der Waals surface area (Å²) in [4.78, 5) is 12.8. The number of nitrogens with zero attached hydrogens (tertiary/aromatic N) is 3. The molecule has 2 aromatic heterocycles. The first-order valence-electron chi connectivity index (χ1n) is 5.32. The van der Waals surface area contributed by atoms with Gasteiger partial charge in [-0.1, -0.05) is 17.8 Å². The molecule has 0 aromatic carbocycles. The molecule has 0 spiro atoms. The average Bonchev–Trinajstić information content (AvgIpc) is 2.39. The minimum Gasteiger partial charge on any atom is -0.373 e. The first-order valence-corrected chi connectivity index (χ1v) is 6.30. The van der Waals surface area contributed by atoms with Gasteiger partial charge in [-0.2, -0.15) is 0 Å². The number of nitrogens with one attached hydrogen (secondary N) is 1. The predicted molar refractivity (Wildman–Crippen MR) is 70.1 cm³/mol. The lowest BCUT2D eigenvalue weighted by Crippen LogP contribution is -1.93. The van der Waals surface area contributed by atoms with E-state index in [1.54, 1.807) is 11.8 Å². The number of hydrogen-bond acceptors (Lipinski definition) is 5. The van der Waals surface area contributed by atoms with Crippen molar-refractivity contribution in [1.29, 1.82) is 0 Å². The molecule has 4 nitrogen and oxygen atoms in total. The van der Waals surface area contributed by atoms with Gasteiger partial charge in [-0.3, -0.25) is 0 Å². The van der Waals surface area contributed by atoms with Crippen LogP contribution in [-0.4, -0.2) is 22.0 Å². The topological polar surface area (TPSA) is 50.7 Å². The van der Waals surface area contributed by atoms with Crippen molar-refractivity contribution >= 4 is 17.6 Å². The highest BCUT2D eigenvalue weighted by Gasteiger charge is 1.99. The molecule has 0 unspecified atom stereocenters. The minimum atomic E-state index is 0.799. The number of thioether (sulfide) groups is 1. The van der Waals surface area contributed by atoms with Gasteiger partial charge in [-0.25, -0.2) is 15.0 Å². The molecule has 2 rings (SSSR count). The smallest absolute Gasteiger partial charge is 0.187 e. The Morgan fingerprint density at radius 1 is 1.12 bits per heavy atom. The number of anilines is 1. The van der Waals surface area contributed by atoms with Gasteiger partial charge in [-0.15, -0.1) is 0 Å². The molecule has 0 amide bonds. The van der Waals surface area contributed by atoms with Crippen molar-refractivity contribution in [1.82, 2.24) is 15.0 Å². The van der Waals surface area contributed by atoms with Crippen LogP contribution in [0.3, 0.4) is 0 Å². The first kappa shape index (κ1) is 11.9. The van der Waals surface area contributed by atoms with E-state index in [0.717, 1.165) is 27.9 Å². The summed E-state index contributed by atoms with van der Waals surface area (Å²) in [7, 11) is 1.86. The van der Waals surface area contributed by atoms with E-state index in [1.165, 1.54) is 0 Å². The summed E-state index contributed by atoms with van der Waals surface area (Å²) >= 11 is 1.61. The Hall–Kier alpha value is -1.62. The van der Waals surface area contributed by atoms with Gasteiger partial charge >= 0.3 is 0 Å². The average molecular weight is 246 g/mol. The van der Waals surface area contributed by atoms with Gasteiger partial charge in [0.25, 0.3) is 0 Å². The molecule has 0 aliphatic rings. The fraction of sp³-hybridized carbons (Fsp3) is 0.250. The Bertz CT molecular complexity index is 467. The quantitative estimate of drug-likeness (QED) is 0.663. The van der Waals surface area contributed by atoms with Crippen LogP contribution in [0.15, 0.2) is 35.9 Å². The Morgan fingerprint density at radius 2 is 1.88 bits per heavy atom.